The van der Waals surface area contributed by atoms with Crippen LogP contribution in [0.5, 0.6) is 0 Å². The minimum absolute atomic E-state index is 0.399. The van der Waals surface area contributed by atoms with E-state index in [-0.39, 0.29) is 0 Å². The van der Waals surface area contributed by atoms with Crippen LogP contribution in [0, 0.1) is 33.6 Å². The Hall–Kier alpha value is -1.84. The summed E-state index contributed by atoms with van der Waals surface area (Å²) in [6.07, 6.45) is 0. The Bertz CT molecular complexity index is 508. The highest BCUT2D eigenvalue weighted by atomic mass is 16.4. The summed E-state index contributed by atoms with van der Waals surface area (Å²) in [6.45, 7) is 9.29. The first-order valence-corrected chi connectivity index (χ1v) is 6.26. The molecule has 4 nitrogen and oxygen atoms in total. The summed E-state index contributed by atoms with van der Waals surface area (Å²) in [4.78, 5) is 24.6. The smallest absolute Gasteiger partial charge is 0.315 e. The van der Waals surface area contributed by atoms with Gasteiger partial charge >= 0.3 is 5.97 Å². The lowest BCUT2D eigenvalue weighted by atomic mass is 9.97. The van der Waals surface area contributed by atoms with Gasteiger partial charge in [-0.2, -0.15) is 0 Å². The fourth-order valence-corrected chi connectivity index (χ4v) is 2.21. The van der Waals surface area contributed by atoms with Crippen LogP contribution in [0.2, 0.25) is 0 Å². The van der Waals surface area contributed by atoms with E-state index in [0.29, 0.717) is 0 Å². The first-order chi connectivity index (χ1) is 8.68. The number of anilines is 1. The molecular weight excluding hydrogens is 242 g/mol. The maximum atomic E-state index is 12.2. The third kappa shape index (κ3) is 2.78. The number of aryl methyl sites for hydroxylation is 2. The molecular formula is C15H21NO3. The molecule has 0 fully saturated rings. The Labute approximate surface area is 114 Å². The van der Waals surface area contributed by atoms with Crippen LogP contribution in [-0.2, 0) is 9.59 Å². The van der Waals surface area contributed by atoms with Gasteiger partial charge in [-0.3, -0.25) is 9.59 Å². The molecule has 0 aliphatic carbocycles. The Balaban J connectivity index is 3.31. The zero-order chi connectivity index (χ0) is 14.9. The minimum atomic E-state index is -1.10. The van der Waals surface area contributed by atoms with Gasteiger partial charge in [-0.25, -0.2) is 0 Å². The summed E-state index contributed by atoms with van der Waals surface area (Å²) in [5.41, 5.74) is 5.03. The molecule has 0 saturated heterocycles. The molecule has 1 amide bonds. The van der Waals surface area contributed by atoms with Gasteiger partial charge in [0.15, 0.2) is 0 Å². The summed E-state index contributed by atoms with van der Waals surface area (Å²) < 4.78 is 0. The fraction of sp³-hybridized carbons (Fsp3) is 0.467. The van der Waals surface area contributed by atoms with Crippen molar-refractivity contribution in [2.45, 2.75) is 34.6 Å². The van der Waals surface area contributed by atoms with Gasteiger partial charge in [0, 0.05) is 12.7 Å². The molecule has 0 radical (unpaired) electrons. The molecule has 1 N–H and O–H groups in total. The number of aliphatic carboxylic acids is 1. The number of hydrogen-bond acceptors (Lipinski definition) is 2. The zero-order valence-corrected chi connectivity index (χ0v) is 12.4. The highest BCUT2D eigenvalue weighted by Gasteiger charge is 2.26. The Morgan fingerprint density at radius 1 is 1.11 bits per heavy atom. The Kier molecular flexibility index (Phi) is 4.35. The highest BCUT2D eigenvalue weighted by molar-refractivity contribution is 6.05. The van der Waals surface area contributed by atoms with Crippen LogP contribution in [0.1, 0.15) is 29.2 Å². The van der Waals surface area contributed by atoms with Gasteiger partial charge in [0.1, 0.15) is 5.92 Å². The predicted octanol–water partition coefficient (Wildman–Crippen LogP) is 2.60. The number of carbonyl (C=O) groups is 2. The van der Waals surface area contributed by atoms with Crippen LogP contribution >= 0.6 is 0 Å². The van der Waals surface area contributed by atoms with Crippen molar-refractivity contribution in [3.05, 3.63) is 28.3 Å². The SMILES string of the molecule is Cc1cc(C)c(C)c(N(C)C(=O)C(C)C(=O)O)c1C. The summed E-state index contributed by atoms with van der Waals surface area (Å²) in [5, 5.41) is 8.95. The average molecular weight is 263 g/mol. The third-order valence-corrected chi connectivity index (χ3v) is 3.73. The molecule has 0 saturated carbocycles. The molecule has 0 aliphatic rings. The largest absolute Gasteiger partial charge is 0.481 e. The van der Waals surface area contributed by atoms with E-state index >= 15 is 0 Å². The van der Waals surface area contributed by atoms with Crippen LogP contribution in [0.3, 0.4) is 0 Å². The fourth-order valence-electron chi connectivity index (χ4n) is 2.21. The second-order valence-electron chi connectivity index (χ2n) is 5.07. The number of amides is 1. The molecule has 0 heterocycles. The summed E-state index contributed by atoms with van der Waals surface area (Å²) in [6, 6.07) is 2.08. The van der Waals surface area contributed by atoms with E-state index in [1.54, 1.807) is 7.05 Å². The minimum Gasteiger partial charge on any atom is -0.481 e. The van der Waals surface area contributed by atoms with Crippen molar-refractivity contribution in [2.75, 3.05) is 11.9 Å². The van der Waals surface area contributed by atoms with E-state index < -0.39 is 17.8 Å². The monoisotopic (exact) mass is 263 g/mol. The molecule has 0 aliphatic heterocycles. The second kappa shape index (κ2) is 5.43. The number of carboxylic acids is 1. The van der Waals surface area contributed by atoms with Crippen LogP contribution < -0.4 is 4.90 Å². The molecule has 1 atom stereocenters. The normalized spacial score (nSPS) is 12.1. The molecule has 4 heteroatoms. The highest BCUT2D eigenvalue weighted by Crippen LogP contribution is 2.30. The van der Waals surface area contributed by atoms with Gasteiger partial charge in [-0.15, -0.1) is 0 Å². The molecule has 1 aromatic carbocycles. The van der Waals surface area contributed by atoms with Gasteiger partial charge in [-0.05, 0) is 56.9 Å². The Morgan fingerprint density at radius 2 is 1.53 bits per heavy atom. The quantitative estimate of drug-likeness (QED) is 0.853. The Morgan fingerprint density at radius 3 is 1.89 bits per heavy atom. The van der Waals surface area contributed by atoms with E-state index in [1.807, 2.05) is 27.7 Å². The maximum Gasteiger partial charge on any atom is 0.315 e. The number of carboxylic acid groups (broad SMARTS) is 1. The van der Waals surface area contributed by atoms with Gasteiger partial charge in [-0.1, -0.05) is 6.07 Å². The third-order valence-electron chi connectivity index (χ3n) is 3.73. The van der Waals surface area contributed by atoms with Crippen molar-refractivity contribution in [1.29, 1.82) is 0 Å². The maximum absolute atomic E-state index is 12.2. The molecule has 104 valence electrons. The van der Waals surface area contributed by atoms with Crippen LogP contribution in [-0.4, -0.2) is 24.0 Å². The average Bonchev–Trinajstić information content (AvgIpc) is 2.34. The van der Waals surface area contributed by atoms with Crippen LogP contribution in [0.15, 0.2) is 6.07 Å². The van der Waals surface area contributed by atoms with E-state index in [4.69, 9.17) is 5.11 Å². The summed E-state index contributed by atoms with van der Waals surface area (Å²) in [7, 11) is 1.63. The second-order valence-corrected chi connectivity index (χ2v) is 5.07. The van der Waals surface area contributed by atoms with E-state index in [2.05, 4.69) is 6.07 Å². The van der Waals surface area contributed by atoms with Crippen molar-refractivity contribution in [2.24, 2.45) is 5.92 Å². The number of carbonyl (C=O) groups excluding carboxylic acids is 1. The number of hydrogen-bond donors (Lipinski definition) is 1. The number of nitrogens with zero attached hydrogens (tertiary/aromatic N) is 1. The van der Waals surface area contributed by atoms with E-state index in [0.717, 1.165) is 27.9 Å². The standard InChI is InChI=1S/C15H21NO3/c1-8-7-9(2)11(4)13(10(8)3)16(6)14(17)12(5)15(18)19/h7,12H,1-6H3,(H,18,19). The predicted molar refractivity (Wildman–Crippen MR) is 75.6 cm³/mol. The van der Waals surface area contributed by atoms with Crippen molar-refractivity contribution in [3.8, 4) is 0 Å². The lowest BCUT2D eigenvalue weighted by molar-refractivity contribution is -0.145. The van der Waals surface area contributed by atoms with Crippen LogP contribution in [0.4, 0.5) is 5.69 Å². The van der Waals surface area contributed by atoms with Crippen molar-refractivity contribution in [3.63, 3.8) is 0 Å². The summed E-state index contributed by atoms with van der Waals surface area (Å²) in [5.74, 6) is -2.54. The molecule has 0 spiro atoms. The molecule has 19 heavy (non-hydrogen) atoms. The molecule has 0 bridgehead atoms. The van der Waals surface area contributed by atoms with E-state index in [9.17, 15) is 9.59 Å². The number of rotatable bonds is 3. The molecule has 1 rings (SSSR count). The van der Waals surface area contributed by atoms with E-state index in [1.165, 1.54) is 11.8 Å². The lowest BCUT2D eigenvalue weighted by Crippen LogP contribution is -2.36. The van der Waals surface area contributed by atoms with Gasteiger partial charge in [0.2, 0.25) is 5.91 Å². The topological polar surface area (TPSA) is 57.6 Å². The van der Waals surface area contributed by atoms with Crippen molar-refractivity contribution in [1.82, 2.24) is 0 Å². The van der Waals surface area contributed by atoms with Gasteiger partial charge in [0.25, 0.3) is 0 Å². The summed E-state index contributed by atoms with van der Waals surface area (Å²) >= 11 is 0. The first-order valence-electron chi connectivity index (χ1n) is 6.26. The van der Waals surface area contributed by atoms with Crippen molar-refractivity contribution >= 4 is 17.6 Å². The van der Waals surface area contributed by atoms with Gasteiger partial charge < -0.3 is 10.0 Å². The lowest BCUT2D eigenvalue weighted by Gasteiger charge is -2.25. The van der Waals surface area contributed by atoms with Crippen LogP contribution in [0.25, 0.3) is 0 Å². The molecule has 1 unspecified atom stereocenters. The zero-order valence-electron chi connectivity index (χ0n) is 12.4. The number of benzene rings is 1. The molecule has 1 aromatic rings. The van der Waals surface area contributed by atoms with Crippen molar-refractivity contribution < 1.29 is 14.7 Å². The first kappa shape index (κ1) is 15.2. The molecule has 0 aromatic heterocycles. The van der Waals surface area contributed by atoms with Gasteiger partial charge in [0.05, 0.1) is 0 Å².